The summed E-state index contributed by atoms with van der Waals surface area (Å²) >= 11 is 1.67. The third kappa shape index (κ3) is 2.50. The van der Waals surface area contributed by atoms with E-state index >= 15 is 0 Å². The molecule has 2 fully saturated rings. The molecule has 1 heterocycles. The normalized spacial score (nSPS) is 29.3. The highest BCUT2D eigenvalue weighted by atomic mass is 32.1. The second-order valence-electron chi connectivity index (χ2n) is 6.72. The van der Waals surface area contributed by atoms with Crippen molar-refractivity contribution in [3.8, 4) is 0 Å². The molecule has 2 bridgehead atoms. The number of hydrogen-bond acceptors (Lipinski definition) is 3. The van der Waals surface area contributed by atoms with Crippen LogP contribution in [-0.2, 0) is 0 Å². The molecule has 21 heavy (non-hydrogen) atoms. The van der Waals surface area contributed by atoms with Gasteiger partial charge in [0.2, 0.25) is 0 Å². The molecule has 4 rings (SSSR count). The molecule has 0 amide bonds. The molecular formula is C17H21FN2S. The third-order valence-corrected chi connectivity index (χ3v) is 6.68. The monoisotopic (exact) mass is 304 g/mol. The zero-order chi connectivity index (χ0) is 14.4. The summed E-state index contributed by atoms with van der Waals surface area (Å²) in [6.45, 7) is 0. The van der Waals surface area contributed by atoms with Gasteiger partial charge in [0.15, 0.2) is 0 Å². The molecule has 1 aromatic carbocycles. The van der Waals surface area contributed by atoms with E-state index < -0.39 is 0 Å². The first kappa shape index (κ1) is 13.7. The molecule has 4 unspecified atom stereocenters. The number of nitrogens with two attached hydrogens (primary N) is 1. The zero-order valence-corrected chi connectivity index (χ0v) is 12.8. The Balaban J connectivity index is 1.56. The smallest absolute Gasteiger partial charge is 0.124 e. The minimum Gasteiger partial charge on any atom is -0.271 e. The van der Waals surface area contributed by atoms with E-state index in [9.17, 15) is 4.39 Å². The van der Waals surface area contributed by atoms with Gasteiger partial charge in [0.05, 0.1) is 6.04 Å². The van der Waals surface area contributed by atoms with Gasteiger partial charge in [-0.1, -0.05) is 12.5 Å². The minimum atomic E-state index is -0.165. The summed E-state index contributed by atoms with van der Waals surface area (Å²) in [4.78, 5) is 1.24. The molecular weight excluding hydrogens is 283 g/mol. The van der Waals surface area contributed by atoms with Crippen LogP contribution in [0.3, 0.4) is 0 Å². The van der Waals surface area contributed by atoms with Crippen molar-refractivity contribution in [2.75, 3.05) is 0 Å². The van der Waals surface area contributed by atoms with Gasteiger partial charge in [-0.05, 0) is 67.0 Å². The van der Waals surface area contributed by atoms with Gasteiger partial charge in [0.25, 0.3) is 0 Å². The molecule has 2 aromatic rings. The maximum atomic E-state index is 13.3. The highest BCUT2D eigenvalue weighted by Gasteiger charge is 2.40. The van der Waals surface area contributed by atoms with Crippen LogP contribution >= 0.6 is 11.3 Å². The lowest BCUT2D eigenvalue weighted by molar-refractivity contribution is 0.281. The van der Waals surface area contributed by atoms with Crippen LogP contribution in [0.4, 0.5) is 4.39 Å². The van der Waals surface area contributed by atoms with Gasteiger partial charge in [0, 0.05) is 9.58 Å². The Morgan fingerprint density at radius 3 is 2.90 bits per heavy atom. The van der Waals surface area contributed by atoms with Crippen molar-refractivity contribution >= 4 is 21.4 Å². The van der Waals surface area contributed by atoms with E-state index in [0.717, 1.165) is 34.3 Å². The van der Waals surface area contributed by atoms with Gasteiger partial charge in [-0.3, -0.25) is 11.3 Å². The van der Waals surface area contributed by atoms with Crippen molar-refractivity contribution in [3.05, 3.63) is 35.0 Å². The second kappa shape index (κ2) is 5.34. The maximum Gasteiger partial charge on any atom is 0.124 e. The Labute approximate surface area is 128 Å². The van der Waals surface area contributed by atoms with Crippen LogP contribution in [0.15, 0.2) is 24.3 Å². The van der Waals surface area contributed by atoms with Gasteiger partial charge >= 0.3 is 0 Å². The molecule has 112 valence electrons. The number of hydrogen-bond donors (Lipinski definition) is 2. The lowest BCUT2D eigenvalue weighted by Gasteiger charge is -2.25. The Hall–Kier alpha value is -0.970. The van der Waals surface area contributed by atoms with Crippen LogP contribution in [-0.4, -0.2) is 0 Å². The number of nitrogens with one attached hydrogen (secondary N) is 1. The molecule has 2 aliphatic carbocycles. The number of hydrazine groups is 1. The SMILES string of the molecule is NNC(CC1CC2CCC1C2)c1cc2ccc(F)cc2s1. The largest absolute Gasteiger partial charge is 0.271 e. The molecule has 4 atom stereocenters. The fourth-order valence-corrected chi connectivity index (χ4v) is 5.59. The number of rotatable bonds is 4. The first-order chi connectivity index (χ1) is 10.2. The number of benzene rings is 1. The van der Waals surface area contributed by atoms with Crippen molar-refractivity contribution in [1.29, 1.82) is 0 Å². The van der Waals surface area contributed by atoms with Crippen molar-refractivity contribution in [3.63, 3.8) is 0 Å². The summed E-state index contributed by atoms with van der Waals surface area (Å²) in [5.74, 6) is 8.34. The minimum absolute atomic E-state index is 0.165. The standard InChI is InChI=1S/C17H21FN2S/c18-14-4-3-12-8-17(21-16(12)9-14)15(20-19)7-13-6-10-1-2-11(13)5-10/h3-4,8-11,13,15,20H,1-2,5-7,19H2. The average molecular weight is 304 g/mol. The van der Waals surface area contributed by atoms with E-state index in [2.05, 4.69) is 11.5 Å². The number of thiophene rings is 1. The first-order valence-corrected chi connectivity index (χ1v) is 8.69. The predicted octanol–water partition coefficient (Wildman–Crippen LogP) is 4.37. The van der Waals surface area contributed by atoms with E-state index in [0.29, 0.717) is 0 Å². The van der Waals surface area contributed by atoms with Crippen LogP contribution in [0.1, 0.15) is 43.0 Å². The summed E-state index contributed by atoms with van der Waals surface area (Å²) in [5.41, 5.74) is 3.00. The van der Waals surface area contributed by atoms with E-state index in [1.54, 1.807) is 17.4 Å². The van der Waals surface area contributed by atoms with E-state index in [1.807, 2.05) is 6.07 Å². The van der Waals surface area contributed by atoms with Crippen LogP contribution in [0, 0.1) is 23.6 Å². The van der Waals surface area contributed by atoms with Gasteiger partial charge < -0.3 is 0 Å². The molecule has 0 saturated heterocycles. The quantitative estimate of drug-likeness (QED) is 0.650. The predicted molar refractivity (Wildman–Crippen MR) is 85.4 cm³/mol. The lowest BCUT2D eigenvalue weighted by Crippen LogP contribution is -2.30. The highest BCUT2D eigenvalue weighted by molar-refractivity contribution is 7.19. The van der Waals surface area contributed by atoms with E-state index in [1.165, 1.54) is 36.6 Å². The molecule has 4 heteroatoms. The Morgan fingerprint density at radius 2 is 2.19 bits per heavy atom. The molecule has 0 aliphatic heterocycles. The first-order valence-electron chi connectivity index (χ1n) is 7.88. The molecule has 1 aromatic heterocycles. The van der Waals surface area contributed by atoms with Crippen LogP contribution < -0.4 is 11.3 Å². The molecule has 0 spiro atoms. The molecule has 3 N–H and O–H groups in total. The highest BCUT2D eigenvalue weighted by Crippen LogP contribution is 2.51. The Bertz CT molecular complexity index is 653. The van der Waals surface area contributed by atoms with Crippen LogP contribution in [0.25, 0.3) is 10.1 Å². The molecule has 2 saturated carbocycles. The van der Waals surface area contributed by atoms with Gasteiger partial charge in [0.1, 0.15) is 5.82 Å². The van der Waals surface area contributed by atoms with E-state index in [-0.39, 0.29) is 11.9 Å². The summed E-state index contributed by atoms with van der Waals surface area (Å²) in [6.07, 6.45) is 6.77. The van der Waals surface area contributed by atoms with Crippen molar-refractivity contribution < 1.29 is 4.39 Å². The summed E-state index contributed by atoms with van der Waals surface area (Å²) < 4.78 is 14.3. The fraction of sp³-hybridized carbons (Fsp3) is 0.529. The average Bonchev–Trinajstić information content (AvgIpc) is 3.18. The van der Waals surface area contributed by atoms with Crippen LogP contribution in [0.2, 0.25) is 0 Å². The second-order valence-corrected chi connectivity index (χ2v) is 7.84. The summed E-state index contributed by atoms with van der Waals surface area (Å²) in [5, 5.41) is 1.12. The summed E-state index contributed by atoms with van der Waals surface area (Å²) in [7, 11) is 0. The van der Waals surface area contributed by atoms with Crippen molar-refractivity contribution in [1.82, 2.24) is 5.43 Å². The molecule has 2 nitrogen and oxygen atoms in total. The van der Waals surface area contributed by atoms with Gasteiger partial charge in [-0.25, -0.2) is 4.39 Å². The lowest BCUT2D eigenvalue weighted by atomic mass is 9.84. The van der Waals surface area contributed by atoms with Crippen molar-refractivity contribution in [2.45, 2.75) is 38.1 Å². The topological polar surface area (TPSA) is 38.0 Å². The van der Waals surface area contributed by atoms with Gasteiger partial charge in [-0.15, -0.1) is 11.3 Å². The number of halogens is 1. The van der Waals surface area contributed by atoms with Crippen LogP contribution in [0.5, 0.6) is 0 Å². The summed E-state index contributed by atoms with van der Waals surface area (Å²) in [6, 6.07) is 7.37. The van der Waals surface area contributed by atoms with Crippen molar-refractivity contribution in [2.24, 2.45) is 23.6 Å². The Morgan fingerprint density at radius 1 is 1.29 bits per heavy atom. The van der Waals surface area contributed by atoms with E-state index in [4.69, 9.17) is 5.84 Å². The fourth-order valence-electron chi connectivity index (χ4n) is 4.43. The zero-order valence-electron chi connectivity index (χ0n) is 12.0. The Kier molecular flexibility index (Phi) is 3.48. The maximum absolute atomic E-state index is 13.3. The number of fused-ring (bicyclic) bond motifs is 3. The third-order valence-electron chi connectivity index (χ3n) is 5.47. The molecule has 2 aliphatic rings. The van der Waals surface area contributed by atoms with Gasteiger partial charge in [-0.2, -0.15) is 0 Å². The molecule has 0 radical (unpaired) electrons.